The van der Waals surface area contributed by atoms with Gasteiger partial charge in [0.25, 0.3) is 0 Å². The monoisotopic (exact) mass is 230 g/mol. The third-order valence-electron chi connectivity index (χ3n) is 1.66. The Balaban J connectivity index is 2.20. The molecule has 0 amide bonds. The standard InChI is InChI=1S/C10H15ClN2O2/c1-2-5-14-6-7-15-10-4-3-9(8-11)12-13-10/h3-4H,2,5-8H2,1H3. The van der Waals surface area contributed by atoms with Crippen molar-refractivity contribution in [2.45, 2.75) is 19.2 Å². The summed E-state index contributed by atoms with van der Waals surface area (Å²) in [6, 6.07) is 3.55. The molecule has 0 unspecified atom stereocenters. The van der Waals surface area contributed by atoms with Gasteiger partial charge in [-0.2, -0.15) is 5.10 Å². The average molecular weight is 231 g/mol. The maximum Gasteiger partial charge on any atom is 0.233 e. The summed E-state index contributed by atoms with van der Waals surface area (Å²) < 4.78 is 10.6. The Morgan fingerprint density at radius 2 is 2.07 bits per heavy atom. The summed E-state index contributed by atoms with van der Waals surface area (Å²) in [5.41, 5.74) is 0.742. The minimum Gasteiger partial charge on any atom is -0.474 e. The normalized spacial score (nSPS) is 10.3. The molecule has 0 aliphatic rings. The van der Waals surface area contributed by atoms with E-state index >= 15 is 0 Å². The van der Waals surface area contributed by atoms with Gasteiger partial charge in [-0.05, 0) is 12.5 Å². The first-order valence-electron chi connectivity index (χ1n) is 4.96. The van der Waals surface area contributed by atoms with E-state index in [0.29, 0.717) is 25.0 Å². The van der Waals surface area contributed by atoms with Gasteiger partial charge >= 0.3 is 0 Å². The summed E-state index contributed by atoms with van der Waals surface area (Å²) in [6.07, 6.45) is 1.02. The highest BCUT2D eigenvalue weighted by molar-refractivity contribution is 6.16. The van der Waals surface area contributed by atoms with Crippen molar-refractivity contribution < 1.29 is 9.47 Å². The fraction of sp³-hybridized carbons (Fsp3) is 0.600. The molecule has 0 fully saturated rings. The lowest BCUT2D eigenvalue weighted by atomic mass is 10.4. The summed E-state index contributed by atoms with van der Waals surface area (Å²) in [5.74, 6) is 0.872. The Hall–Kier alpha value is -0.870. The summed E-state index contributed by atoms with van der Waals surface area (Å²) >= 11 is 5.58. The van der Waals surface area contributed by atoms with Crippen LogP contribution in [0.1, 0.15) is 19.0 Å². The van der Waals surface area contributed by atoms with Crippen molar-refractivity contribution in [3.05, 3.63) is 17.8 Å². The fourth-order valence-electron chi connectivity index (χ4n) is 0.947. The molecular formula is C10H15ClN2O2. The van der Waals surface area contributed by atoms with E-state index in [2.05, 4.69) is 17.1 Å². The first-order valence-corrected chi connectivity index (χ1v) is 5.49. The van der Waals surface area contributed by atoms with Crippen LogP contribution in [0.15, 0.2) is 12.1 Å². The minimum absolute atomic E-state index is 0.368. The average Bonchev–Trinajstić information content (AvgIpc) is 2.30. The van der Waals surface area contributed by atoms with Crippen LogP contribution in [-0.4, -0.2) is 30.0 Å². The number of halogens is 1. The van der Waals surface area contributed by atoms with E-state index in [-0.39, 0.29) is 0 Å². The second-order valence-electron chi connectivity index (χ2n) is 2.96. The Labute approximate surface area is 94.6 Å². The summed E-state index contributed by atoms with van der Waals surface area (Å²) in [5, 5.41) is 7.72. The fourth-order valence-corrected chi connectivity index (χ4v) is 1.09. The van der Waals surface area contributed by atoms with Crippen LogP contribution >= 0.6 is 11.6 Å². The molecule has 1 rings (SSSR count). The molecule has 0 aliphatic heterocycles. The van der Waals surface area contributed by atoms with Crippen molar-refractivity contribution in [2.24, 2.45) is 0 Å². The minimum atomic E-state index is 0.368. The molecule has 15 heavy (non-hydrogen) atoms. The molecule has 1 heterocycles. The molecule has 0 spiro atoms. The zero-order valence-corrected chi connectivity index (χ0v) is 9.54. The number of hydrogen-bond donors (Lipinski definition) is 0. The van der Waals surface area contributed by atoms with Gasteiger partial charge in [0.1, 0.15) is 6.61 Å². The van der Waals surface area contributed by atoms with Gasteiger partial charge in [0.2, 0.25) is 5.88 Å². The van der Waals surface area contributed by atoms with Gasteiger partial charge in [0.15, 0.2) is 0 Å². The van der Waals surface area contributed by atoms with E-state index in [4.69, 9.17) is 21.1 Å². The molecule has 0 aromatic carbocycles. The SMILES string of the molecule is CCCOCCOc1ccc(CCl)nn1. The Bertz CT molecular complexity index is 267. The van der Waals surface area contributed by atoms with Crippen molar-refractivity contribution >= 4 is 11.6 Å². The summed E-state index contributed by atoms with van der Waals surface area (Å²) in [6.45, 7) is 3.90. The Morgan fingerprint density at radius 1 is 1.20 bits per heavy atom. The molecular weight excluding hydrogens is 216 g/mol. The van der Waals surface area contributed by atoms with Crippen LogP contribution in [0.25, 0.3) is 0 Å². The maximum absolute atomic E-state index is 5.58. The predicted molar refractivity (Wildman–Crippen MR) is 58.2 cm³/mol. The van der Waals surface area contributed by atoms with Crippen LogP contribution in [0, 0.1) is 0 Å². The van der Waals surface area contributed by atoms with Gasteiger partial charge in [-0.15, -0.1) is 16.7 Å². The van der Waals surface area contributed by atoms with Gasteiger partial charge in [0.05, 0.1) is 18.2 Å². The number of nitrogens with zero attached hydrogens (tertiary/aromatic N) is 2. The van der Waals surface area contributed by atoms with E-state index in [9.17, 15) is 0 Å². The topological polar surface area (TPSA) is 44.2 Å². The van der Waals surface area contributed by atoms with Crippen LogP contribution in [0.4, 0.5) is 0 Å². The van der Waals surface area contributed by atoms with Gasteiger partial charge in [-0.25, -0.2) is 0 Å². The third-order valence-corrected chi connectivity index (χ3v) is 1.93. The lowest BCUT2D eigenvalue weighted by Crippen LogP contribution is -2.08. The smallest absolute Gasteiger partial charge is 0.233 e. The molecule has 1 aromatic rings. The molecule has 84 valence electrons. The van der Waals surface area contributed by atoms with Gasteiger partial charge in [-0.1, -0.05) is 6.92 Å². The van der Waals surface area contributed by atoms with E-state index in [0.717, 1.165) is 18.7 Å². The highest BCUT2D eigenvalue weighted by Crippen LogP contribution is 2.05. The van der Waals surface area contributed by atoms with Crippen molar-refractivity contribution in [2.75, 3.05) is 19.8 Å². The molecule has 0 bridgehead atoms. The highest BCUT2D eigenvalue weighted by atomic mass is 35.5. The van der Waals surface area contributed by atoms with E-state index in [1.165, 1.54) is 0 Å². The van der Waals surface area contributed by atoms with Crippen LogP contribution in [0.3, 0.4) is 0 Å². The zero-order valence-electron chi connectivity index (χ0n) is 8.78. The van der Waals surface area contributed by atoms with Gasteiger partial charge < -0.3 is 9.47 Å². The van der Waals surface area contributed by atoms with Crippen molar-refractivity contribution in [1.82, 2.24) is 10.2 Å². The quantitative estimate of drug-likeness (QED) is 0.531. The number of rotatable bonds is 7. The van der Waals surface area contributed by atoms with Crippen molar-refractivity contribution in [3.63, 3.8) is 0 Å². The first kappa shape index (κ1) is 12.2. The largest absolute Gasteiger partial charge is 0.474 e. The number of hydrogen-bond acceptors (Lipinski definition) is 4. The summed E-state index contributed by atoms with van der Waals surface area (Å²) in [4.78, 5) is 0. The van der Waals surface area contributed by atoms with Gasteiger partial charge in [0, 0.05) is 12.7 Å². The second kappa shape index (κ2) is 7.43. The van der Waals surface area contributed by atoms with Crippen molar-refractivity contribution in [1.29, 1.82) is 0 Å². The molecule has 0 saturated heterocycles. The van der Waals surface area contributed by atoms with E-state index < -0.39 is 0 Å². The van der Waals surface area contributed by atoms with E-state index in [1.54, 1.807) is 12.1 Å². The number of aromatic nitrogens is 2. The molecule has 0 atom stereocenters. The lowest BCUT2D eigenvalue weighted by molar-refractivity contribution is 0.0986. The highest BCUT2D eigenvalue weighted by Gasteiger charge is 1.97. The number of alkyl halides is 1. The van der Waals surface area contributed by atoms with E-state index in [1.807, 2.05) is 0 Å². The molecule has 0 aliphatic carbocycles. The molecule has 0 saturated carbocycles. The Morgan fingerprint density at radius 3 is 2.67 bits per heavy atom. The molecule has 0 N–H and O–H groups in total. The predicted octanol–water partition coefficient (Wildman–Crippen LogP) is 2.02. The van der Waals surface area contributed by atoms with Crippen LogP contribution in [0.2, 0.25) is 0 Å². The zero-order chi connectivity index (χ0) is 10.9. The first-order chi connectivity index (χ1) is 7.36. The lowest BCUT2D eigenvalue weighted by Gasteiger charge is -2.05. The van der Waals surface area contributed by atoms with Crippen LogP contribution in [-0.2, 0) is 10.6 Å². The van der Waals surface area contributed by atoms with Crippen LogP contribution < -0.4 is 4.74 Å². The van der Waals surface area contributed by atoms with Crippen molar-refractivity contribution in [3.8, 4) is 5.88 Å². The maximum atomic E-state index is 5.58. The molecule has 0 radical (unpaired) electrons. The molecule has 1 aromatic heterocycles. The number of ether oxygens (including phenoxy) is 2. The molecule has 4 nitrogen and oxygen atoms in total. The van der Waals surface area contributed by atoms with Gasteiger partial charge in [-0.3, -0.25) is 0 Å². The van der Waals surface area contributed by atoms with Crippen LogP contribution in [0.5, 0.6) is 5.88 Å². The Kier molecular flexibility index (Phi) is 6.04. The summed E-state index contributed by atoms with van der Waals surface area (Å²) in [7, 11) is 0. The second-order valence-corrected chi connectivity index (χ2v) is 3.22. The third kappa shape index (κ3) is 4.95. The molecule has 5 heteroatoms.